The number of rotatable bonds is 13. The standard InChI is InChI=1S/C62H58N2/c1-3-4-5-15-28-59(45(2)46-29-31-50(32-30-46)47-18-9-6-10-19-47)57-26-16-24-55(43-57)56-25-17-27-58(44-56)62-63-60(53-37-33-51(34-38-53)48-20-11-7-12-21-48)41-42-61(64-62)54-39-35-52(36-40-54)49-22-13-8-14-23-49/h3-18,20-29,31,33,35,37-39,42-43,45,47,51,56,59H,1,19,30,32,34,36,40,44H2,2H3/b5-4+,28-15-. The Kier molecular flexibility index (Phi) is 13.6. The first-order chi connectivity index (χ1) is 31.6. The predicted molar refractivity (Wildman–Crippen MR) is 272 cm³/mol. The Hall–Kier alpha value is -6.86. The molecule has 5 unspecified atom stereocenters. The molecule has 1 heterocycles. The van der Waals surface area contributed by atoms with Crippen LogP contribution in [0.3, 0.4) is 0 Å². The molecule has 0 saturated heterocycles. The minimum Gasteiger partial charge on any atom is -0.228 e. The van der Waals surface area contributed by atoms with Crippen molar-refractivity contribution in [2.75, 3.05) is 0 Å². The van der Waals surface area contributed by atoms with Crippen LogP contribution in [0.4, 0.5) is 0 Å². The zero-order valence-corrected chi connectivity index (χ0v) is 37.1. The molecule has 0 fully saturated rings. The first kappa shape index (κ1) is 42.4. The summed E-state index contributed by atoms with van der Waals surface area (Å²) in [7, 11) is 0. The molecule has 0 aromatic heterocycles. The maximum absolute atomic E-state index is 5.40. The van der Waals surface area contributed by atoms with Gasteiger partial charge in [0.25, 0.3) is 0 Å². The predicted octanol–water partition coefficient (Wildman–Crippen LogP) is 15.8. The highest BCUT2D eigenvalue weighted by Gasteiger charge is 2.26. The van der Waals surface area contributed by atoms with E-state index in [1.165, 1.54) is 39.0 Å². The smallest absolute Gasteiger partial charge is 0.157 e. The number of amidine groups is 1. The van der Waals surface area contributed by atoms with Crippen molar-refractivity contribution >= 4 is 17.1 Å². The van der Waals surface area contributed by atoms with E-state index in [9.17, 15) is 0 Å². The number of benzene rings is 3. The number of nitrogens with zero attached hydrogens (tertiary/aromatic N) is 2. The minimum atomic E-state index is 0.188. The zero-order valence-electron chi connectivity index (χ0n) is 37.1. The molecule has 5 aliphatic carbocycles. The van der Waals surface area contributed by atoms with E-state index in [2.05, 4.69) is 214 Å². The van der Waals surface area contributed by atoms with Gasteiger partial charge in [-0.05, 0) is 89.8 Å². The Morgan fingerprint density at radius 2 is 1.48 bits per heavy atom. The van der Waals surface area contributed by atoms with Gasteiger partial charge in [-0.15, -0.1) is 0 Å². The average molecular weight is 831 g/mol. The van der Waals surface area contributed by atoms with Crippen LogP contribution in [0.2, 0.25) is 0 Å². The van der Waals surface area contributed by atoms with Crippen LogP contribution in [0, 0.1) is 11.8 Å². The van der Waals surface area contributed by atoms with E-state index in [-0.39, 0.29) is 11.8 Å². The monoisotopic (exact) mass is 830 g/mol. The second-order valence-corrected chi connectivity index (χ2v) is 17.6. The molecule has 3 aromatic carbocycles. The molecule has 6 aliphatic rings. The van der Waals surface area contributed by atoms with Gasteiger partial charge in [-0.2, -0.15) is 0 Å². The van der Waals surface area contributed by atoms with Crippen molar-refractivity contribution in [2.24, 2.45) is 21.8 Å². The minimum absolute atomic E-state index is 0.188. The lowest BCUT2D eigenvalue weighted by molar-refractivity contribution is 0.567. The molecule has 64 heavy (non-hydrogen) atoms. The van der Waals surface area contributed by atoms with Gasteiger partial charge in [0.05, 0.1) is 5.71 Å². The average Bonchev–Trinajstić information content (AvgIpc) is 3.61. The van der Waals surface area contributed by atoms with Crippen molar-refractivity contribution in [1.29, 1.82) is 0 Å². The molecule has 1 aliphatic heterocycles. The van der Waals surface area contributed by atoms with Crippen LogP contribution in [-0.4, -0.2) is 11.5 Å². The van der Waals surface area contributed by atoms with Crippen molar-refractivity contribution in [2.45, 2.75) is 69.6 Å². The third-order valence-electron chi connectivity index (χ3n) is 13.6. The molecular weight excluding hydrogens is 773 g/mol. The van der Waals surface area contributed by atoms with Gasteiger partial charge in [0.2, 0.25) is 0 Å². The van der Waals surface area contributed by atoms with Gasteiger partial charge < -0.3 is 0 Å². The first-order valence-electron chi connectivity index (χ1n) is 23.3. The van der Waals surface area contributed by atoms with Gasteiger partial charge in [0.1, 0.15) is 5.70 Å². The molecular formula is C62H58N2. The highest BCUT2D eigenvalue weighted by Crippen LogP contribution is 2.40. The van der Waals surface area contributed by atoms with E-state index in [0.717, 1.165) is 73.3 Å². The molecule has 3 aromatic rings. The van der Waals surface area contributed by atoms with Crippen molar-refractivity contribution in [3.8, 4) is 0 Å². The SMILES string of the molecule is C=C/C=C/C=C\C(c1cccc(C2C=CC=C(C3=NC(C4=CCC(c5ccccc5)C=C4)=C=CC(C4=CC=C(c5ccccc5)CC4)=N3)C2)c1)C(C)C1=CC=C(C2C=CC=CC2)CC1. The Labute approximate surface area is 381 Å². The topological polar surface area (TPSA) is 24.7 Å². The Morgan fingerprint density at radius 3 is 2.23 bits per heavy atom. The molecule has 0 amide bonds. The Morgan fingerprint density at radius 1 is 0.672 bits per heavy atom. The number of allylic oxidation sites excluding steroid dienone is 23. The lowest BCUT2D eigenvalue weighted by atomic mass is 9.76. The lowest BCUT2D eigenvalue weighted by Gasteiger charge is -2.29. The fraction of sp³-hybridized carbons (Fsp3) is 0.210. The maximum atomic E-state index is 5.40. The number of aliphatic imine (C=N–C) groups is 2. The summed E-state index contributed by atoms with van der Waals surface area (Å²) in [5.41, 5.74) is 18.5. The van der Waals surface area contributed by atoms with Crippen molar-refractivity contribution in [1.82, 2.24) is 0 Å². The van der Waals surface area contributed by atoms with Gasteiger partial charge in [-0.1, -0.05) is 231 Å². The summed E-state index contributed by atoms with van der Waals surface area (Å²) in [5, 5.41) is 0. The lowest BCUT2D eigenvalue weighted by Crippen LogP contribution is -2.15. The number of hydrogen-bond acceptors (Lipinski definition) is 2. The summed E-state index contributed by atoms with van der Waals surface area (Å²) in [6.45, 7) is 6.30. The summed E-state index contributed by atoms with van der Waals surface area (Å²) in [4.78, 5) is 10.8. The fourth-order valence-electron chi connectivity index (χ4n) is 9.80. The van der Waals surface area contributed by atoms with Gasteiger partial charge in [-0.3, -0.25) is 0 Å². The van der Waals surface area contributed by atoms with Crippen LogP contribution in [0.5, 0.6) is 0 Å². The molecule has 9 rings (SSSR count). The van der Waals surface area contributed by atoms with Gasteiger partial charge in [0.15, 0.2) is 5.84 Å². The summed E-state index contributed by atoms with van der Waals surface area (Å²) in [6.07, 6.45) is 51.5. The second kappa shape index (κ2) is 20.5. The van der Waals surface area contributed by atoms with Gasteiger partial charge in [0, 0.05) is 35.3 Å². The largest absolute Gasteiger partial charge is 0.228 e. The molecule has 2 nitrogen and oxygen atoms in total. The maximum Gasteiger partial charge on any atom is 0.157 e. The van der Waals surface area contributed by atoms with Crippen molar-refractivity contribution in [3.05, 3.63) is 275 Å². The summed E-state index contributed by atoms with van der Waals surface area (Å²) >= 11 is 0. The van der Waals surface area contributed by atoms with Crippen molar-refractivity contribution in [3.63, 3.8) is 0 Å². The Bertz CT molecular complexity index is 2750. The highest BCUT2D eigenvalue weighted by molar-refractivity contribution is 6.18. The molecule has 5 atom stereocenters. The molecule has 0 bridgehead atoms. The summed E-state index contributed by atoms with van der Waals surface area (Å²) in [5.74, 6) is 2.42. The highest BCUT2D eigenvalue weighted by atomic mass is 14.9. The van der Waals surface area contributed by atoms with E-state index in [0.29, 0.717) is 17.8 Å². The van der Waals surface area contributed by atoms with Crippen molar-refractivity contribution < 1.29 is 0 Å². The van der Waals surface area contributed by atoms with Crippen LogP contribution >= 0.6 is 0 Å². The fourth-order valence-corrected chi connectivity index (χ4v) is 9.80. The van der Waals surface area contributed by atoms with Crippen LogP contribution in [0.15, 0.2) is 262 Å². The number of hydrogen-bond donors (Lipinski definition) is 0. The van der Waals surface area contributed by atoms with E-state index >= 15 is 0 Å². The Balaban J connectivity index is 0.997. The van der Waals surface area contributed by atoms with E-state index in [1.807, 2.05) is 12.2 Å². The molecule has 2 heteroatoms. The van der Waals surface area contributed by atoms with Gasteiger partial charge in [-0.25, -0.2) is 9.98 Å². The normalized spacial score (nSPS) is 22.9. The van der Waals surface area contributed by atoms with Crippen LogP contribution < -0.4 is 0 Å². The van der Waals surface area contributed by atoms with Crippen LogP contribution in [0.1, 0.15) is 91.9 Å². The first-order valence-corrected chi connectivity index (χ1v) is 23.3. The zero-order chi connectivity index (χ0) is 43.5. The second-order valence-electron chi connectivity index (χ2n) is 17.6. The summed E-state index contributed by atoms with van der Waals surface area (Å²) in [6, 6.07) is 30.8. The molecule has 316 valence electrons. The quantitative estimate of drug-likeness (QED) is 0.121. The van der Waals surface area contributed by atoms with E-state index in [4.69, 9.17) is 9.98 Å². The molecule has 0 N–H and O–H groups in total. The van der Waals surface area contributed by atoms with Gasteiger partial charge >= 0.3 is 0 Å². The third-order valence-corrected chi connectivity index (χ3v) is 13.6. The molecule has 0 saturated carbocycles. The summed E-state index contributed by atoms with van der Waals surface area (Å²) < 4.78 is 0. The van der Waals surface area contributed by atoms with E-state index in [1.54, 1.807) is 5.57 Å². The van der Waals surface area contributed by atoms with E-state index < -0.39 is 0 Å². The molecule has 0 spiro atoms. The van der Waals surface area contributed by atoms with Crippen LogP contribution in [-0.2, 0) is 0 Å². The third kappa shape index (κ3) is 10.2. The van der Waals surface area contributed by atoms with Crippen LogP contribution in [0.25, 0.3) is 5.57 Å². The molecule has 0 radical (unpaired) electrons.